The molecule has 1 unspecified atom stereocenters. The van der Waals surface area contributed by atoms with Crippen molar-refractivity contribution < 1.29 is 10.6 Å². The van der Waals surface area contributed by atoms with Gasteiger partial charge in [-0.2, -0.15) is 0 Å². The average molecular weight is 466 g/mol. The van der Waals surface area contributed by atoms with Crippen molar-refractivity contribution in [2.75, 3.05) is 6.54 Å². The molecule has 3 N–H and O–H groups in total. The van der Waals surface area contributed by atoms with Gasteiger partial charge in [-0.25, -0.2) is 4.39 Å². The topological polar surface area (TPSA) is 83.3 Å². The molecular formula is C27H36FN5O. The van der Waals surface area contributed by atoms with Gasteiger partial charge in [-0.15, -0.1) is 0 Å². The number of likely N-dealkylation sites (tertiary alicyclic amines) is 1. The number of amides is 1. The van der Waals surface area contributed by atoms with Crippen LogP contribution in [0.2, 0.25) is 0 Å². The number of allylic oxidation sites excluding steroid dienone is 2. The van der Waals surface area contributed by atoms with E-state index in [4.69, 9.17) is 10.8 Å². The van der Waals surface area contributed by atoms with E-state index in [9.17, 15) is 9.18 Å². The number of benzene rings is 1. The maximum atomic E-state index is 14.9. The van der Waals surface area contributed by atoms with E-state index >= 15 is 0 Å². The summed E-state index contributed by atoms with van der Waals surface area (Å²) in [4.78, 5) is 17.2. The number of carbonyl (C=O) groups is 1. The van der Waals surface area contributed by atoms with Crippen LogP contribution >= 0.6 is 0 Å². The van der Waals surface area contributed by atoms with Gasteiger partial charge < -0.3 is 10.2 Å². The quantitative estimate of drug-likeness (QED) is 0.440. The van der Waals surface area contributed by atoms with E-state index in [1.165, 1.54) is 6.07 Å². The van der Waals surface area contributed by atoms with E-state index < -0.39 is 17.8 Å². The summed E-state index contributed by atoms with van der Waals surface area (Å²) in [7, 11) is 0. The number of nitrogens with one attached hydrogen (secondary N) is 3. The Morgan fingerprint density at radius 3 is 2.71 bits per heavy atom. The van der Waals surface area contributed by atoms with Crippen molar-refractivity contribution in [1.29, 1.82) is 10.8 Å². The first-order valence-corrected chi connectivity index (χ1v) is 12.0. The van der Waals surface area contributed by atoms with E-state index in [0.29, 0.717) is 29.7 Å². The van der Waals surface area contributed by atoms with E-state index in [0.717, 1.165) is 42.6 Å². The molecule has 6 nitrogen and oxygen atoms in total. The highest BCUT2D eigenvalue weighted by atomic mass is 19.1. The van der Waals surface area contributed by atoms with E-state index in [1.807, 2.05) is 38.2 Å². The number of nitrogens with zero attached hydrogens (tertiary/aromatic N) is 2. The maximum Gasteiger partial charge on any atom is 0.254 e. The summed E-state index contributed by atoms with van der Waals surface area (Å²) < 4.78 is 14.9. The fourth-order valence-electron chi connectivity index (χ4n) is 4.91. The third kappa shape index (κ3) is 4.75. The monoisotopic (exact) mass is 465 g/mol. The first-order chi connectivity index (χ1) is 16.2. The van der Waals surface area contributed by atoms with Crippen molar-refractivity contribution in [3.8, 4) is 0 Å². The van der Waals surface area contributed by atoms with Crippen molar-refractivity contribution in [3.05, 3.63) is 70.1 Å². The normalized spacial score (nSPS) is 22.9. The van der Waals surface area contributed by atoms with Crippen LogP contribution in [0.4, 0.5) is 4.39 Å². The van der Waals surface area contributed by atoms with Gasteiger partial charge in [0.1, 0.15) is 17.5 Å². The van der Waals surface area contributed by atoms with E-state index in [2.05, 4.69) is 24.1 Å². The highest BCUT2D eigenvalue weighted by Gasteiger charge is 2.30. The average Bonchev–Trinajstić information content (AvgIpc) is 3.02. The minimum Gasteiger partial charge on any atom is -0.342 e. The number of rotatable bonds is 4. The van der Waals surface area contributed by atoms with Crippen molar-refractivity contribution in [2.45, 2.75) is 71.6 Å². The van der Waals surface area contributed by atoms with Gasteiger partial charge in [-0.05, 0) is 75.4 Å². The molecule has 0 spiro atoms. The SMILES string of the molecule is CC1=CC(C(=N)N2C(=N)CC[C@@H]2C)=CC=CC1NC(=O)c1cc2c(cc1F)CCN(C(C)C)C2.[HH]. The third-order valence-electron chi connectivity index (χ3n) is 7.09. The lowest BCUT2D eigenvalue weighted by molar-refractivity contribution is 0.0944. The minimum atomic E-state index is -0.490. The second-order valence-corrected chi connectivity index (χ2v) is 9.81. The fourth-order valence-corrected chi connectivity index (χ4v) is 4.91. The van der Waals surface area contributed by atoms with Crippen LogP contribution in [-0.4, -0.2) is 52.0 Å². The molecule has 4 rings (SSSR count). The zero-order chi connectivity index (χ0) is 24.6. The Hall–Kier alpha value is -3.06. The third-order valence-corrected chi connectivity index (χ3v) is 7.09. The Kier molecular flexibility index (Phi) is 6.84. The molecule has 0 bridgehead atoms. The second-order valence-electron chi connectivity index (χ2n) is 9.81. The molecule has 34 heavy (non-hydrogen) atoms. The lowest BCUT2D eigenvalue weighted by atomic mass is 9.95. The van der Waals surface area contributed by atoms with Gasteiger partial charge in [-0.3, -0.25) is 20.5 Å². The molecule has 7 heteroatoms. The molecule has 1 amide bonds. The molecule has 2 heterocycles. The molecule has 0 saturated carbocycles. The Labute approximate surface area is 202 Å². The highest BCUT2D eigenvalue weighted by molar-refractivity contribution is 6.09. The minimum absolute atomic E-state index is 0. The van der Waals surface area contributed by atoms with Gasteiger partial charge in [0.15, 0.2) is 0 Å². The molecule has 1 fully saturated rings. The molecule has 1 aromatic rings. The van der Waals surface area contributed by atoms with Gasteiger partial charge in [0.2, 0.25) is 0 Å². The Bertz CT molecular complexity index is 1120. The molecular weight excluding hydrogens is 429 g/mol. The summed E-state index contributed by atoms with van der Waals surface area (Å²) in [6.07, 6.45) is 9.69. The lowest BCUT2D eigenvalue weighted by Crippen LogP contribution is -2.38. The summed E-state index contributed by atoms with van der Waals surface area (Å²) >= 11 is 0. The van der Waals surface area contributed by atoms with Crippen molar-refractivity contribution >= 4 is 17.6 Å². The molecule has 1 aromatic carbocycles. The Morgan fingerprint density at radius 1 is 1.26 bits per heavy atom. The van der Waals surface area contributed by atoms with Crippen molar-refractivity contribution in [3.63, 3.8) is 0 Å². The summed E-state index contributed by atoms with van der Waals surface area (Å²) in [6, 6.07) is 3.32. The fraction of sp³-hybridized carbons (Fsp3) is 0.444. The lowest BCUT2D eigenvalue weighted by Gasteiger charge is -2.32. The predicted molar refractivity (Wildman–Crippen MR) is 136 cm³/mol. The largest absolute Gasteiger partial charge is 0.342 e. The molecule has 1 saturated heterocycles. The van der Waals surface area contributed by atoms with E-state index in [1.54, 1.807) is 11.0 Å². The predicted octanol–water partition coefficient (Wildman–Crippen LogP) is 4.82. The van der Waals surface area contributed by atoms with Crippen LogP contribution in [0.1, 0.15) is 63.4 Å². The first-order valence-electron chi connectivity index (χ1n) is 12.0. The zero-order valence-corrected chi connectivity index (χ0v) is 20.4. The molecule has 182 valence electrons. The van der Waals surface area contributed by atoms with Gasteiger partial charge in [-0.1, -0.05) is 18.2 Å². The van der Waals surface area contributed by atoms with Crippen molar-refractivity contribution in [2.24, 2.45) is 0 Å². The van der Waals surface area contributed by atoms with Crippen LogP contribution in [0.5, 0.6) is 0 Å². The number of halogens is 1. The summed E-state index contributed by atoms with van der Waals surface area (Å²) in [5, 5.41) is 19.7. The molecule has 2 aliphatic heterocycles. The van der Waals surface area contributed by atoms with Crippen LogP contribution in [0, 0.1) is 16.6 Å². The van der Waals surface area contributed by atoms with Crippen LogP contribution in [-0.2, 0) is 13.0 Å². The van der Waals surface area contributed by atoms with Crippen LogP contribution in [0.25, 0.3) is 0 Å². The standard InChI is InChI=1S/C27H34FN5O.H2/c1-16(2)32-11-10-19-14-23(28)22(13-21(19)15-32)27(34)31-24-7-5-6-20(12-17(24)3)26(30)33-18(4)8-9-25(33)29;/h5-7,12-14,16,18,24,29-30H,8-11,15H2,1-4H3,(H,31,34);1H/t18-,24?;/m0./s1. The van der Waals surface area contributed by atoms with Crippen LogP contribution < -0.4 is 5.32 Å². The number of carbonyl (C=O) groups excluding carboxylic acids is 1. The second kappa shape index (κ2) is 9.66. The molecule has 0 radical (unpaired) electrons. The summed E-state index contributed by atoms with van der Waals surface area (Å²) in [5.74, 6) is -0.184. The number of fused-ring (bicyclic) bond motifs is 1. The van der Waals surface area contributed by atoms with Gasteiger partial charge in [0.25, 0.3) is 5.91 Å². The van der Waals surface area contributed by atoms with Crippen molar-refractivity contribution in [1.82, 2.24) is 15.1 Å². The van der Waals surface area contributed by atoms with E-state index in [-0.39, 0.29) is 13.0 Å². The number of hydrogen-bond donors (Lipinski definition) is 3. The van der Waals surface area contributed by atoms with Crippen LogP contribution in [0.15, 0.2) is 47.6 Å². The molecule has 3 aliphatic rings. The number of amidine groups is 2. The van der Waals surface area contributed by atoms with Gasteiger partial charge in [0.05, 0.1) is 11.6 Å². The van der Waals surface area contributed by atoms with Crippen LogP contribution in [0.3, 0.4) is 0 Å². The highest BCUT2D eigenvalue weighted by Crippen LogP contribution is 2.26. The first kappa shape index (κ1) is 24.1. The molecule has 2 atom stereocenters. The summed E-state index contributed by atoms with van der Waals surface area (Å²) in [6.45, 7) is 9.82. The zero-order valence-electron chi connectivity index (χ0n) is 20.4. The maximum absolute atomic E-state index is 14.9. The summed E-state index contributed by atoms with van der Waals surface area (Å²) in [5.41, 5.74) is 3.59. The Morgan fingerprint density at radius 2 is 2.03 bits per heavy atom. The smallest absolute Gasteiger partial charge is 0.254 e. The Balaban J connectivity index is 0.00000342. The van der Waals surface area contributed by atoms with Gasteiger partial charge in [0, 0.05) is 38.6 Å². The molecule has 1 aliphatic carbocycles. The molecule has 0 aromatic heterocycles. The number of hydrogen-bond acceptors (Lipinski definition) is 4. The van der Waals surface area contributed by atoms with Gasteiger partial charge >= 0.3 is 0 Å².